The van der Waals surface area contributed by atoms with Gasteiger partial charge in [-0.1, -0.05) is 0 Å². The van der Waals surface area contributed by atoms with Crippen LogP contribution in [0.2, 0.25) is 0 Å². The standard InChI is InChI=1S/C9H11F3N2O2S/c1-2-14(5-9(10,11)12)8-13-6(4-17-8)3-7(15)16/h4H,2-3,5H2,1H3,(H,15,16). The maximum atomic E-state index is 12.2. The Balaban J connectivity index is 2.75. The second-order valence-electron chi connectivity index (χ2n) is 3.32. The van der Waals surface area contributed by atoms with Gasteiger partial charge in [0.25, 0.3) is 0 Å². The predicted molar refractivity (Wildman–Crippen MR) is 57.4 cm³/mol. The Bertz CT molecular complexity index is 392. The van der Waals surface area contributed by atoms with Crippen molar-refractivity contribution in [1.82, 2.24) is 4.98 Å². The van der Waals surface area contributed by atoms with Gasteiger partial charge in [-0.15, -0.1) is 11.3 Å². The molecule has 0 fully saturated rings. The average molecular weight is 268 g/mol. The highest BCUT2D eigenvalue weighted by atomic mass is 32.1. The number of thiazole rings is 1. The number of hydrogen-bond acceptors (Lipinski definition) is 4. The van der Waals surface area contributed by atoms with E-state index < -0.39 is 18.7 Å². The SMILES string of the molecule is CCN(CC(F)(F)F)c1nc(CC(=O)O)cs1. The van der Waals surface area contributed by atoms with Crippen LogP contribution in [0.3, 0.4) is 0 Å². The van der Waals surface area contributed by atoms with E-state index >= 15 is 0 Å². The molecule has 96 valence electrons. The molecular weight excluding hydrogens is 257 g/mol. The molecule has 0 aliphatic rings. The molecule has 1 aromatic heterocycles. The maximum Gasteiger partial charge on any atom is 0.406 e. The second-order valence-corrected chi connectivity index (χ2v) is 4.16. The van der Waals surface area contributed by atoms with Crippen LogP contribution in [0.15, 0.2) is 5.38 Å². The van der Waals surface area contributed by atoms with Gasteiger partial charge in [-0.2, -0.15) is 13.2 Å². The molecule has 0 amide bonds. The Morgan fingerprint density at radius 3 is 2.71 bits per heavy atom. The van der Waals surface area contributed by atoms with Gasteiger partial charge in [0.2, 0.25) is 0 Å². The van der Waals surface area contributed by atoms with E-state index in [1.54, 1.807) is 6.92 Å². The molecule has 0 aromatic carbocycles. The summed E-state index contributed by atoms with van der Waals surface area (Å²) >= 11 is 1.02. The summed E-state index contributed by atoms with van der Waals surface area (Å²) in [5.41, 5.74) is 0.276. The molecule has 8 heteroatoms. The molecule has 0 spiro atoms. The summed E-state index contributed by atoms with van der Waals surface area (Å²) in [6.45, 7) is 0.674. The van der Waals surface area contributed by atoms with E-state index in [-0.39, 0.29) is 23.8 Å². The highest BCUT2D eigenvalue weighted by Crippen LogP contribution is 2.25. The van der Waals surface area contributed by atoms with E-state index in [1.807, 2.05) is 0 Å². The number of hydrogen-bond donors (Lipinski definition) is 1. The first-order valence-electron chi connectivity index (χ1n) is 4.79. The fourth-order valence-corrected chi connectivity index (χ4v) is 2.10. The van der Waals surface area contributed by atoms with Crippen LogP contribution >= 0.6 is 11.3 Å². The van der Waals surface area contributed by atoms with Gasteiger partial charge < -0.3 is 10.0 Å². The van der Waals surface area contributed by atoms with Crippen LogP contribution in [-0.4, -0.2) is 35.3 Å². The van der Waals surface area contributed by atoms with Gasteiger partial charge in [0.15, 0.2) is 5.13 Å². The predicted octanol–water partition coefficient (Wildman–Crippen LogP) is 2.16. The molecule has 1 heterocycles. The Morgan fingerprint density at radius 1 is 1.59 bits per heavy atom. The quantitative estimate of drug-likeness (QED) is 0.889. The first kappa shape index (κ1) is 13.8. The number of anilines is 1. The van der Waals surface area contributed by atoms with Crippen molar-refractivity contribution in [2.75, 3.05) is 18.0 Å². The highest BCUT2D eigenvalue weighted by Gasteiger charge is 2.31. The first-order chi connectivity index (χ1) is 7.81. The Morgan fingerprint density at radius 2 is 2.24 bits per heavy atom. The van der Waals surface area contributed by atoms with E-state index in [4.69, 9.17) is 5.11 Å². The number of carboxylic acids is 1. The Labute approximate surface area is 99.7 Å². The summed E-state index contributed by atoms with van der Waals surface area (Å²) < 4.78 is 36.7. The van der Waals surface area contributed by atoms with Gasteiger partial charge in [0, 0.05) is 11.9 Å². The van der Waals surface area contributed by atoms with Crippen LogP contribution in [0.5, 0.6) is 0 Å². The largest absolute Gasteiger partial charge is 0.481 e. The molecular formula is C9H11F3N2O2S. The molecule has 0 unspecified atom stereocenters. The number of aromatic nitrogens is 1. The molecule has 0 radical (unpaired) electrons. The summed E-state index contributed by atoms with van der Waals surface area (Å²) in [5.74, 6) is -1.05. The van der Waals surface area contributed by atoms with Crippen LogP contribution in [0.4, 0.5) is 18.3 Å². The summed E-state index contributed by atoms with van der Waals surface area (Å²) in [6, 6.07) is 0. The third kappa shape index (κ3) is 4.59. The zero-order chi connectivity index (χ0) is 13.1. The molecule has 0 bridgehead atoms. The number of carbonyl (C=O) groups is 1. The van der Waals surface area contributed by atoms with E-state index in [0.717, 1.165) is 16.2 Å². The van der Waals surface area contributed by atoms with Gasteiger partial charge in [-0.25, -0.2) is 4.98 Å². The monoisotopic (exact) mass is 268 g/mol. The van der Waals surface area contributed by atoms with Crippen molar-refractivity contribution in [3.8, 4) is 0 Å². The van der Waals surface area contributed by atoms with E-state index in [9.17, 15) is 18.0 Å². The number of alkyl halides is 3. The van der Waals surface area contributed by atoms with Crippen molar-refractivity contribution < 1.29 is 23.1 Å². The summed E-state index contributed by atoms with van der Waals surface area (Å²) in [4.78, 5) is 15.4. The van der Waals surface area contributed by atoms with Crippen LogP contribution < -0.4 is 4.90 Å². The van der Waals surface area contributed by atoms with Gasteiger partial charge in [0.1, 0.15) is 6.54 Å². The molecule has 0 aliphatic carbocycles. The summed E-state index contributed by atoms with van der Waals surface area (Å²) in [5, 5.41) is 10.2. The lowest BCUT2D eigenvalue weighted by molar-refractivity contribution is -0.136. The molecule has 1 rings (SSSR count). The van der Waals surface area contributed by atoms with Crippen molar-refractivity contribution in [2.24, 2.45) is 0 Å². The summed E-state index contributed by atoms with van der Waals surface area (Å²) in [7, 11) is 0. The number of aliphatic carboxylic acids is 1. The number of halogens is 3. The average Bonchev–Trinajstić information content (AvgIpc) is 2.60. The number of nitrogens with zero attached hydrogens (tertiary/aromatic N) is 2. The zero-order valence-corrected chi connectivity index (χ0v) is 9.81. The lowest BCUT2D eigenvalue weighted by atomic mass is 10.3. The van der Waals surface area contributed by atoms with Crippen LogP contribution in [-0.2, 0) is 11.2 Å². The van der Waals surface area contributed by atoms with Crippen molar-refractivity contribution in [2.45, 2.75) is 19.5 Å². The molecule has 0 saturated heterocycles. The maximum absolute atomic E-state index is 12.2. The molecule has 1 aromatic rings. The van der Waals surface area contributed by atoms with Crippen molar-refractivity contribution >= 4 is 22.4 Å². The Hall–Kier alpha value is -1.31. The third-order valence-corrected chi connectivity index (χ3v) is 2.84. The van der Waals surface area contributed by atoms with Crippen molar-refractivity contribution in [3.63, 3.8) is 0 Å². The first-order valence-corrected chi connectivity index (χ1v) is 5.67. The third-order valence-electron chi connectivity index (χ3n) is 1.89. The number of rotatable bonds is 5. The highest BCUT2D eigenvalue weighted by molar-refractivity contribution is 7.13. The molecule has 1 N–H and O–H groups in total. The van der Waals surface area contributed by atoms with E-state index in [2.05, 4.69) is 4.98 Å². The lowest BCUT2D eigenvalue weighted by Crippen LogP contribution is -2.34. The topological polar surface area (TPSA) is 53.4 Å². The lowest BCUT2D eigenvalue weighted by Gasteiger charge is -2.21. The van der Waals surface area contributed by atoms with Gasteiger partial charge in [-0.3, -0.25) is 4.79 Å². The molecule has 17 heavy (non-hydrogen) atoms. The normalized spacial score (nSPS) is 11.5. The van der Waals surface area contributed by atoms with Gasteiger partial charge >= 0.3 is 12.1 Å². The fourth-order valence-electron chi connectivity index (χ4n) is 1.21. The summed E-state index contributed by atoms with van der Waals surface area (Å²) in [6.07, 6.45) is -4.57. The fraction of sp³-hybridized carbons (Fsp3) is 0.556. The van der Waals surface area contributed by atoms with E-state index in [1.165, 1.54) is 5.38 Å². The zero-order valence-electron chi connectivity index (χ0n) is 8.99. The van der Waals surface area contributed by atoms with Crippen LogP contribution in [0.1, 0.15) is 12.6 Å². The van der Waals surface area contributed by atoms with Gasteiger partial charge in [-0.05, 0) is 6.92 Å². The minimum absolute atomic E-state index is 0.166. The molecule has 4 nitrogen and oxygen atoms in total. The second kappa shape index (κ2) is 5.35. The van der Waals surface area contributed by atoms with Crippen molar-refractivity contribution in [3.05, 3.63) is 11.1 Å². The molecule has 0 saturated carbocycles. The van der Waals surface area contributed by atoms with Crippen molar-refractivity contribution in [1.29, 1.82) is 0 Å². The molecule has 0 aliphatic heterocycles. The molecule has 0 atom stereocenters. The van der Waals surface area contributed by atoms with Gasteiger partial charge in [0.05, 0.1) is 12.1 Å². The minimum atomic E-state index is -4.30. The Kier molecular flexibility index (Phi) is 4.33. The van der Waals surface area contributed by atoms with E-state index in [0.29, 0.717) is 0 Å². The smallest absolute Gasteiger partial charge is 0.406 e. The minimum Gasteiger partial charge on any atom is -0.481 e. The number of carboxylic acid groups (broad SMARTS) is 1. The van der Waals surface area contributed by atoms with Crippen LogP contribution in [0, 0.1) is 0 Å². The van der Waals surface area contributed by atoms with Crippen LogP contribution in [0.25, 0.3) is 0 Å².